The second kappa shape index (κ2) is 4.55. The highest BCUT2D eigenvalue weighted by atomic mass is 32.2. The number of benzene rings is 1. The molecule has 1 aromatic heterocycles. The van der Waals surface area contributed by atoms with Crippen LogP contribution in [0, 0.1) is 0 Å². The predicted molar refractivity (Wildman–Crippen MR) is 71.7 cm³/mol. The number of nitrogens with zero attached hydrogens (tertiary/aromatic N) is 1. The topological polar surface area (TPSA) is 48.6 Å². The van der Waals surface area contributed by atoms with Gasteiger partial charge in [-0.15, -0.1) is 0 Å². The van der Waals surface area contributed by atoms with Crippen LogP contribution in [0.2, 0.25) is 0 Å². The van der Waals surface area contributed by atoms with Gasteiger partial charge in [0.15, 0.2) is 5.76 Å². The number of hydrogen-bond acceptors (Lipinski definition) is 3. The van der Waals surface area contributed by atoms with Gasteiger partial charge in [0.25, 0.3) is 0 Å². The Morgan fingerprint density at radius 2 is 2.00 bits per heavy atom. The Morgan fingerprint density at radius 1 is 1.29 bits per heavy atom. The SMILES string of the molecule is CC(C)(C)[S+]([O-])N=Cc1cc2ccccc2o1. The maximum absolute atomic E-state index is 11.7. The Kier molecular flexibility index (Phi) is 3.26. The molecule has 0 aliphatic heterocycles. The third-order valence-electron chi connectivity index (χ3n) is 2.24. The molecule has 1 unspecified atom stereocenters. The third kappa shape index (κ3) is 2.90. The summed E-state index contributed by atoms with van der Waals surface area (Å²) in [6.45, 7) is 5.66. The highest BCUT2D eigenvalue weighted by molar-refractivity contribution is 7.91. The Balaban J connectivity index is 2.21. The lowest BCUT2D eigenvalue weighted by Gasteiger charge is -2.17. The summed E-state index contributed by atoms with van der Waals surface area (Å²) in [5, 5.41) is 1.02. The van der Waals surface area contributed by atoms with E-state index < -0.39 is 11.4 Å². The smallest absolute Gasteiger partial charge is 0.150 e. The van der Waals surface area contributed by atoms with Gasteiger partial charge < -0.3 is 8.97 Å². The van der Waals surface area contributed by atoms with E-state index in [0.717, 1.165) is 11.0 Å². The largest absolute Gasteiger partial charge is 0.591 e. The van der Waals surface area contributed by atoms with E-state index in [4.69, 9.17) is 4.42 Å². The monoisotopic (exact) mass is 249 g/mol. The van der Waals surface area contributed by atoms with Crippen molar-refractivity contribution in [2.45, 2.75) is 25.5 Å². The Hall–Kier alpha value is -1.26. The van der Waals surface area contributed by atoms with Crippen LogP contribution in [-0.4, -0.2) is 15.5 Å². The van der Waals surface area contributed by atoms with Crippen molar-refractivity contribution in [2.24, 2.45) is 4.40 Å². The molecule has 2 rings (SSSR count). The Bertz CT molecular complexity index is 507. The lowest BCUT2D eigenvalue weighted by molar-refractivity contribution is 0.561. The minimum absolute atomic E-state index is 0.345. The summed E-state index contributed by atoms with van der Waals surface area (Å²) in [6.07, 6.45) is 1.53. The average molecular weight is 249 g/mol. The molecule has 0 amide bonds. The molecule has 0 saturated heterocycles. The normalized spacial score (nSPS) is 14.6. The Morgan fingerprint density at radius 3 is 2.65 bits per heavy atom. The second-order valence-corrected chi connectivity index (χ2v) is 6.72. The fourth-order valence-corrected chi connectivity index (χ4v) is 1.84. The Labute approximate surface area is 104 Å². The van der Waals surface area contributed by atoms with E-state index in [1.165, 1.54) is 6.21 Å². The minimum atomic E-state index is -1.25. The zero-order valence-electron chi connectivity index (χ0n) is 10.1. The van der Waals surface area contributed by atoms with Gasteiger partial charge in [0.05, 0.1) is 0 Å². The van der Waals surface area contributed by atoms with Gasteiger partial charge in [0.1, 0.15) is 27.9 Å². The number of fused-ring (bicyclic) bond motifs is 1. The first-order chi connectivity index (χ1) is 7.97. The molecule has 0 aliphatic carbocycles. The maximum atomic E-state index is 11.7. The van der Waals surface area contributed by atoms with Gasteiger partial charge in [0.2, 0.25) is 0 Å². The van der Waals surface area contributed by atoms with Crippen LogP contribution >= 0.6 is 0 Å². The molecular weight excluding hydrogens is 234 g/mol. The molecule has 3 nitrogen and oxygen atoms in total. The number of furan rings is 1. The summed E-state index contributed by atoms with van der Waals surface area (Å²) in [6, 6.07) is 9.62. The minimum Gasteiger partial charge on any atom is -0.591 e. The van der Waals surface area contributed by atoms with Gasteiger partial charge in [-0.2, -0.15) is 0 Å². The average Bonchev–Trinajstić information content (AvgIpc) is 2.66. The van der Waals surface area contributed by atoms with Crippen LogP contribution in [0.4, 0.5) is 0 Å². The van der Waals surface area contributed by atoms with Crippen LogP contribution in [-0.2, 0) is 11.4 Å². The van der Waals surface area contributed by atoms with Crippen molar-refractivity contribution < 1.29 is 8.97 Å². The van der Waals surface area contributed by atoms with Gasteiger partial charge in [0, 0.05) is 5.39 Å². The standard InChI is InChI=1S/C13H15NO2S/c1-13(2,3)17(15)14-9-11-8-10-6-4-5-7-12(10)16-11/h4-9H,1-3H3. The van der Waals surface area contributed by atoms with Gasteiger partial charge in [-0.1, -0.05) is 22.6 Å². The van der Waals surface area contributed by atoms with Gasteiger partial charge in [-0.25, -0.2) is 0 Å². The van der Waals surface area contributed by atoms with Gasteiger partial charge in [-0.05, 0) is 32.9 Å². The van der Waals surface area contributed by atoms with Crippen LogP contribution in [0.5, 0.6) is 0 Å². The molecule has 4 heteroatoms. The third-order valence-corrected chi connectivity index (χ3v) is 3.59. The zero-order valence-corrected chi connectivity index (χ0v) is 11.0. The van der Waals surface area contributed by atoms with E-state index in [9.17, 15) is 4.55 Å². The molecule has 17 heavy (non-hydrogen) atoms. The van der Waals surface area contributed by atoms with Crippen molar-refractivity contribution in [3.05, 3.63) is 36.1 Å². The molecule has 0 spiro atoms. The van der Waals surface area contributed by atoms with E-state index in [2.05, 4.69) is 4.40 Å². The molecule has 0 aliphatic rings. The fourth-order valence-electron chi connectivity index (χ4n) is 1.32. The number of hydrogen-bond donors (Lipinski definition) is 0. The molecule has 1 heterocycles. The number of rotatable bonds is 2. The summed E-state index contributed by atoms with van der Waals surface area (Å²) >= 11 is -1.25. The second-order valence-electron chi connectivity index (χ2n) is 4.78. The zero-order chi connectivity index (χ0) is 12.5. The summed E-state index contributed by atoms with van der Waals surface area (Å²) < 4.78 is 20.9. The molecule has 0 N–H and O–H groups in total. The van der Waals surface area contributed by atoms with E-state index in [1.807, 2.05) is 51.1 Å². The van der Waals surface area contributed by atoms with Crippen LogP contribution < -0.4 is 0 Å². The van der Waals surface area contributed by atoms with E-state index in [-0.39, 0.29) is 4.75 Å². The lowest BCUT2D eigenvalue weighted by Crippen LogP contribution is -2.25. The van der Waals surface area contributed by atoms with Crippen molar-refractivity contribution in [3.8, 4) is 0 Å². The first-order valence-electron chi connectivity index (χ1n) is 5.41. The van der Waals surface area contributed by atoms with Crippen LogP contribution in [0.1, 0.15) is 26.5 Å². The molecular formula is C13H15NO2S. The van der Waals surface area contributed by atoms with Crippen molar-refractivity contribution >= 4 is 28.5 Å². The van der Waals surface area contributed by atoms with Crippen molar-refractivity contribution in [2.75, 3.05) is 0 Å². The first kappa shape index (κ1) is 12.2. The molecule has 90 valence electrons. The van der Waals surface area contributed by atoms with Crippen molar-refractivity contribution in [3.63, 3.8) is 0 Å². The highest BCUT2D eigenvalue weighted by Gasteiger charge is 2.25. The summed E-state index contributed by atoms with van der Waals surface area (Å²) in [5.41, 5.74) is 0.815. The molecule has 0 bridgehead atoms. The fraction of sp³-hybridized carbons (Fsp3) is 0.308. The van der Waals surface area contributed by atoms with Crippen LogP contribution in [0.3, 0.4) is 0 Å². The summed E-state index contributed by atoms with van der Waals surface area (Å²) in [7, 11) is 0. The molecule has 1 aromatic carbocycles. The highest BCUT2D eigenvalue weighted by Crippen LogP contribution is 2.19. The molecule has 2 aromatic rings. The molecule has 0 saturated carbocycles. The molecule has 0 radical (unpaired) electrons. The van der Waals surface area contributed by atoms with Gasteiger partial charge >= 0.3 is 0 Å². The van der Waals surface area contributed by atoms with E-state index >= 15 is 0 Å². The molecule has 1 atom stereocenters. The number of para-hydroxylation sites is 1. The summed E-state index contributed by atoms with van der Waals surface area (Å²) in [5.74, 6) is 0.629. The van der Waals surface area contributed by atoms with Crippen molar-refractivity contribution in [1.82, 2.24) is 0 Å². The molecule has 0 fully saturated rings. The quantitative estimate of drug-likeness (QED) is 0.605. The predicted octanol–water partition coefficient (Wildman–Crippen LogP) is 3.31. The first-order valence-corrected chi connectivity index (χ1v) is 6.52. The van der Waals surface area contributed by atoms with E-state index in [0.29, 0.717) is 5.76 Å². The maximum Gasteiger partial charge on any atom is 0.150 e. The van der Waals surface area contributed by atoms with E-state index in [1.54, 1.807) is 0 Å². The van der Waals surface area contributed by atoms with Gasteiger partial charge in [-0.3, -0.25) is 0 Å². The lowest BCUT2D eigenvalue weighted by atomic mass is 10.2. The van der Waals surface area contributed by atoms with Crippen LogP contribution in [0.25, 0.3) is 11.0 Å². The van der Waals surface area contributed by atoms with Crippen LogP contribution in [0.15, 0.2) is 39.1 Å². The van der Waals surface area contributed by atoms with Crippen molar-refractivity contribution in [1.29, 1.82) is 0 Å². The summed E-state index contributed by atoms with van der Waals surface area (Å²) in [4.78, 5) is 0.